The highest BCUT2D eigenvalue weighted by Gasteiger charge is 2.18. The SMILES string of the molecule is O=COC(CO)COP(=O)(O)O. The molecule has 0 aliphatic rings. The summed E-state index contributed by atoms with van der Waals surface area (Å²) in [6.45, 7) is -1.04. The molecule has 0 rings (SSSR count). The zero-order chi connectivity index (χ0) is 9.61. The summed E-state index contributed by atoms with van der Waals surface area (Å²) >= 11 is 0. The third-order valence-corrected chi connectivity index (χ3v) is 1.37. The van der Waals surface area contributed by atoms with Crippen molar-refractivity contribution in [2.24, 2.45) is 0 Å². The fourth-order valence-electron chi connectivity index (χ4n) is 0.394. The van der Waals surface area contributed by atoms with Gasteiger partial charge in [-0.25, -0.2) is 4.57 Å². The molecule has 8 heteroatoms. The minimum atomic E-state index is -4.56. The molecule has 0 aliphatic carbocycles. The highest BCUT2D eigenvalue weighted by molar-refractivity contribution is 7.46. The molecule has 0 heterocycles. The van der Waals surface area contributed by atoms with Crippen molar-refractivity contribution >= 4 is 14.3 Å². The van der Waals surface area contributed by atoms with Crippen LogP contribution in [0.4, 0.5) is 0 Å². The molecule has 3 N–H and O–H groups in total. The first kappa shape index (κ1) is 11.5. The molecule has 0 bridgehead atoms. The second-order valence-electron chi connectivity index (χ2n) is 1.82. The van der Waals surface area contributed by atoms with Crippen molar-refractivity contribution in [3.8, 4) is 0 Å². The monoisotopic (exact) mass is 200 g/mol. The standard InChI is InChI=1S/C4H9O7P/c5-1-4(10-3-6)2-11-12(7,8)9/h3-5H,1-2H2,(H2,7,8,9). The molecule has 0 aromatic carbocycles. The molecule has 0 saturated heterocycles. The van der Waals surface area contributed by atoms with Crippen molar-refractivity contribution in [2.45, 2.75) is 6.10 Å². The van der Waals surface area contributed by atoms with Crippen LogP contribution in [0.25, 0.3) is 0 Å². The molecule has 0 aromatic heterocycles. The second kappa shape index (κ2) is 5.23. The third kappa shape index (κ3) is 6.26. The summed E-state index contributed by atoms with van der Waals surface area (Å²) in [6.07, 6.45) is -1.05. The Morgan fingerprint density at radius 2 is 2.08 bits per heavy atom. The molecule has 12 heavy (non-hydrogen) atoms. The predicted octanol–water partition coefficient (Wildman–Crippen LogP) is -1.37. The summed E-state index contributed by atoms with van der Waals surface area (Å²) in [7, 11) is -4.56. The van der Waals surface area contributed by atoms with E-state index in [2.05, 4.69) is 9.26 Å². The summed E-state index contributed by atoms with van der Waals surface area (Å²) in [4.78, 5) is 26.1. The van der Waals surface area contributed by atoms with Crippen molar-refractivity contribution in [3.05, 3.63) is 0 Å². The van der Waals surface area contributed by atoms with Crippen molar-refractivity contribution in [3.63, 3.8) is 0 Å². The summed E-state index contributed by atoms with van der Waals surface area (Å²) in [6, 6.07) is 0. The first-order chi connectivity index (χ1) is 5.49. The van der Waals surface area contributed by atoms with Crippen molar-refractivity contribution in [1.29, 1.82) is 0 Å². The largest absolute Gasteiger partial charge is 0.469 e. The molecule has 0 fully saturated rings. The molecule has 1 atom stereocenters. The number of aliphatic hydroxyl groups excluding tert-OH is 1. The predicted molar refractivity (Wildman–Crippen MR) is 36.0 cm³/mol. The smallest absolute Gasteiger partial charge is 0.460 e. The topological polar surface area (TPSA) is 113 Å². The molecule has 1 unspecified atom stereocenters. The van der Waals surface area contributed by atoms with Crippen molar-refractivity contribution in [2.75, 3.05) is 13.2 Å². The van der Waals surface area contributed by atoms with Crippen molar-refractivity contribution < 1.29 is 33.5 Å². The molecule has 0 radical (unpaired) electrons. The Labute approximate surface area is 68.2 Å². The normalized spacial score (nSPS) is 13.9. The van der Waals surface area contributed by atoms with Crippen LogP contribution in [0.2, 0.25) is 0 Å². The molecule has 0 amide bonds. The van der Waals surface area contributed by atoms with E-state index in [9.17, 15) is 9.36 Å². The highest BCUT2D eigenvalue weighted by Crippen LogP contribution is 2.35. The zero-order valence-corrected chi connectivity index (χ0v) is 6.89. The average Bonchev–Trinajstić information content (AvgIpc) is 1.96. The Morgan fingerprint density at radius 1 is 1.50 bits per heavy atom. The average molecular weight is 200 g/mol. The van der Waals surface area contributed by atoms with Crippen LogP contribution < -0.4 is 0 Å². The van der Waals surface area contributed by atoms with Gasteiger partial charge in [-0.3, -0.25) is 9.32 Å². The van der Waals surface area contributed by atoms with Gasteiger partial charge in [0, 0.05) is 0 Å². The van der Waals surface area contributed by atoms with Crippen LogP contribution in [0.5, 0.6) is 0 Å². The van der Waals surface area contributed by atoms with Gasteiger partial charge < -0.3 is 19.6 Å². The van der Waals surface area contributed by atoms with E-state index >= 15 is 0 Å². The van der Waals surface area contributed by atoms with Crippen molar-refractivity contribution in [1.82, 2.24) is 0 Å². The quantitative estimate of drug-likeness (QED) is 0.358. The molecule has 0 spiro atoms. The van der Waals surface area contributed by atoms with Gasteiger partial charge in [-0.15, -0.1) is 0 Å². The van der Waals surface area contributed by atoms with E-state index in [-0.39, 0.29) is 6.47 Å². The Hall–Kier alpha value is -0.460. The molecule has 7 nitrogen and oxygen atoms in total. The minimum absolute atomic E-state index is 0.0594. The van der Waals surface area contributed by atoms with E-state index in [0.717, 1.165) is 0 Å². The second-order valence-corrected chi connectivity index (χ2v) is 3.06. The van der Waals surface area contributed by atoms with Gasteiger partial charge in [-0.2, -0.15) is 0 Å². The minimum Gasteiger partial charge on any atom is -0.460 e. The summed E-state index contributed by atoms with van der Waals surface area (Å²) < 4.78 is 18.2. The van der Waals surface area contributed by atoms with E-state index in [1.165, 1.54) is 0 Å². The van der Waals surface area contributed by atoms with Gasteiger partial charge in [0.2, 0.25) is 0 Å². The van der Waals surface area contributed by atoms with E-state index in [0.29, 0.717) is 0 Å². The fourth-order valence-corrected chi connectivity index (χ4v) is 0.754. The van der Waals surface area contributed by atoms with Crippen LogP contribution in [0, 0.1) is 0 Å². The number of phosphoric ester groups is 1. The molecule has 72 valence electrons. The number of carbonyl (C=O) groups is 1. The number of aliphatic hydroxyl groups is 1. The maximum atomic E-state index is 10.1. The number of ether oxygens (including phenoxy) is 1. The molecule has 0 saturated carbocycles. The Kier molecular flexibility index (Phi) is 5.03. The number of carbonyl (C=O) groups excluding carboxylic acids is 1. The van der Waals surface area contributed by atoms with Crippen LogP contribution in [0.1, 0.15) is 0 Å². The summed E-state index contributed by atoms with van der Waals surface area (Å²) in [5.41, 5.74) is 0. The lowest BCUT2D eigenvalue weighted by Gasteiger charge is -2.12. The fraction of sp³-hybridized carbons (Fsp3) is 0.750. The number of hydrogen-bond donors (Lipinski definition) is 3. The Morgan fingerprint density at radius 3 is 2.42 bits per heavy atom. The van der Waals surface area contributed by atoms with Crippen LogP contribution in [-0.4, -0.2) is 40.7 Å². The van der Waals surface area contributed by atoms with Gasteiger partial charge in [-0.05, 0) is 0 Å². The Balaban J connectivity index is 3.72. The van der Waals surface area contributed by atoms with Gasteiger partial charge >= 0.3 is 7.82 Å². The lowest BCUT2D eigenvalue weighted by atomic mass is 10.4. The third-order valence-electron chi connectivity index (χ3n) is 0.880. The van der Waals surface area contributed by atoms with Crippen LogP contribution in [0.15, 0.2) is 0 Å². The lowest BCUT2D eigenvalue weighted by Crippen LogP contribution is -2.22. The summed E-state index contributed by atoms with van der Waals surface area (Å²) in [5.74, 6) is 0. The van der Waals surface area contributed by atoms with Gasteiger partial charge in [0.05, 0.1) is 13.2 Å². The van der Waals surface area contributed by atoms with Crippen LogP contribution in [0.3, 0.4) is 0 Å². The van der Waals surface area contributed by atoms with E-state index < -0.39 is 27.1 Å². The van der Waals surface area contributed by atoms with E-state index in [1.54, 1.807) is 0 Å². The number of hydrogen-bond acceptors (Lipinski definition) is 5. The van der Waals surface area contributed by atoms with E-state index in [4.69, 9.17) is 14.9 Å². The maximum absolute atomic E-state index is 10.1. The van der Waals surface area contributed by atoms with Gasteiger partial charge in [-0.1, -0.05) is 0 Å². The first-order valence-corrected chi connectivity index (χ1v) is 4.42. The van der Waals surface area contributed by atoms with Gasteiger partial charge in [0.15, 0.2) is 0 Å². The first-order valence-electron chi connectivity index (χ1n) is 2.89. The van der Waals surface area contributed by atoms with Gasteiger partial charge in [0.25, 0.3) is 6.47 Å². The van der Waals surface area contributed by atoms with Crippen LogP contribution >= 0.6 is 7.82 Å². The molecule has 0 aromatic rings. The zero-order valence-electron chi connectivity index (χ0n) is 5.99. The summed E-state index contributed by atoms with van der Waals surface area (Å²) in [5, 5.41) is 8.44. The highest BCUT2D eigenvalue weighted by atomic mass is 31.2. The lowest BCUT2D eigenvalue weighted by molar-refractivity contribution is -0.137. The molecular weight excluding hydrogens is 191 g/mol. The number of phosphoric acid groups is 1. The van der Waals surface area contributed by atoms with Crippen LogP contribution in [-0.2, 0) is 18.6 Å². The molecular formula is C4H9O7P. The Bertz CT molecular complexity index is 174. The van der Waals surface area contributed by atoms with Gasteiger partial charge in [0.1, 0.15) is 6.10 Å². The molecule has 0 aliphatic heterocycles. The van der Waals surface area contributed by atoms with E-state index in [1.807, 2.05) is 0 Å². The maximum Gasteiger partial charge on any atom is 0.469 e. The number of rotatable bonds is 6.